The molecule has 1 heterocycles. The second kappa shape index (κ2) is 3.10. The van der Waals surface area contributed by atoms with Gasteiger partial charge >= 0.3 is 0 Å². The van der Waals surface area contributed by atoms with Crippen LogP contribution in [0.3, 0.4) is 0 Å². The molecule has 0 fully saturated rings. The van der Waals surface area contributed by atoms with Crippen molar-refractivity contribution in [2.75, 3.05) is 11.9 Å². The highest BCUT2D eigenvalue weighted by atomic mass is 19.1. The van der Waals surface area contributed by atoms with Gasteiger partial charge in [-0.05, 0) is 6.92 Å². The Kier molecular flexibility index (Phi) is 2.15. The number of nitrogens with one attached hydrogen (secondary N) is 1. The highest BCUT2D eigenvalue weighted by Crippen LogP contribution is 1.96. The second-order valence-corrected chi connectivity index (χ2v) is 1.76. The summed E-state index contributed by atoms with van der Waals surface area (Å²) < 4.78 is 12.2. The molecule has 0 spiro atoms. The molecule has 0 radical (unpaired) electrons. The summed E-state index contributed by atoms with van der Waals surface area (Å²) in [6.45, 7) is 2.67. The third-order valence-electron chi connectivity index (χ3n) is 0.955. The summed E-state index contributed by atoms with van der Waals surface area (Å²) in [5.41, 5.74) is 0. The molecule has 10 heavy (non-hydrogen) atoms. The Morgan fingerprint density at radius 1 is 1.50 bits per heavy atom. The SMILES string of the molecule is CCNc1ncc(F)cn1. The predicted molar refractivity (Wildman–Crippen MR) is 36.2 cm³/mol. The van der Waals surface area contributed by atoms with Crippen molar-refractivity contribution in [2.45, 2.75) is 6.92 Å². The van der Waals surface area contributed by atoms with E-state index >= 15 is 0 Å². The molecular weight excluding hydrogens is 133 g/mol. The summed E-state index contributed by atoms with van der Waals surface area (Å²) in [6.07, 6.45) is 2.26. The van der Waals surface area contributed by atoms with Gasteiger partial charge in [-0.1, -0.05) is 0 Å². The third kappa shape index (κ3) is 1.65. The van der Waals surface area contributed by atoms with Crippen molar-refractivity contribution in [3.8, 4) is 0 Å². The lowest BCUT2D eigenvalue weighted by Crippen LogP contribution is -2.01. The Bertz CT molecular complexity index is 197. The van der Waals surface area contributed by atoms with E-state index < -0.39 is 5.82 Å². The fourth-order valence-corrected chi connectivity index (χ4v) is 0.562. The van der Waals surface area contributed by atoms with E-state index in [1.54, 1.807) is 0 Å². The zero-order valence-corrected chi connectivity index (χ0v) is 5.63. The van der Waals surface area contributed by atoms with Gasteiger partial charge in [0, 0.05) is 6.54 Å². The van der Waals surface area contributed by atoms with E-state index in [1.165, 1.54) is 0 Å². The molecule has 1 aromatic heterocycles. The summed E-state index contributed by atoms with van der Waals surface area (Å²) in [5, 5.41) is 2.85. The minimum atomic E-state index is -0.415. The van der Waals surface area contributed by atoms with E-state index in [4.69, 9.17) is 0 Å². The van der Waals surface area contributed by atoms with Crippen LogP contribution < -0.4 is 5.32 Å². The van der Waals surface area contributed by atoms with Gasteiger partial charge in [0.15, 0.2) is 5.82 Å². The minimum Gasteiger partial charge on any atom is -0.355 e. The van der Waals surface area contributed by atoms with Crippen molar-refractivity contribution < 1.29 is 4.39 Å². The fraction of sp³-hybridized carbons (Fsp3) is 0.333. The fourth-order valence-electron chi connectivity index (χ4n) is 0.562. The van der Waals surface area contributed by atoms with E-state index in [1.807, 2.05) is 6.92 Å². The largest absolute Gasteiger partial charge is 0.355 e. The topological polar surface area (TPSA) is 37.8 Å². The van der Waals surface area contributed by atoms with Crippen LogP contribution in [0.5, 0.6) is 0 Å². The summed E-state index contributed by atoms with van der Waals surface area (Å²) in [4.78, 5) is 7.34. The van der Waals surface area contributed by atoms with E-state index in [2.05, 4.69) is 15.3 Å². The molecule has 3 nitrogen and oxygen atoms in total. The summed E-state index contributed by atoms with van der Waals surface area (Å²) in [5.74, 6) is 0.0468. The highest BCUT2D eigenvalue weighted by molar-refractivity contribution is 5.21. The number of halogens is 1. The Labute approximate surface area is 58.3 Å². The van der Waals surface area contributed by atoms with Gasteiger partial charge in [-0.3, -0.25) is 0 Å². The number of anilines is 1. The van der Waals surface area contributed by atoms with Crippen LogP contribution in [-0.4, -0.2) is 16.5 Å². The first-order valence-corrected chi connectivity index (χ1v) is 3.04. The van der Waals surface area contributed by atoms with Crippen molar-refractivity contribution >= 4 is 5.95 Å². The van der Waals surface area contributed by atoms with Crippen LogP contribution in [0.2, 0.25) is 0 Å². The van der Waals surface area contributed by atoms with Gasteiger partial charge in [0.05, 0.1) is 12.4 Å². The lowest BCUT2D eigenvalue weighted by molar-refractivity contribution is 0.614. The average Bonchev–Trinajstić information content (AvgIpc) is 1.95. The predicted octanol–water partition coefficient (Wildman–Crippen LogP) is 1.05. The van der Waals surface area contributed by atoms with Gasteiger partial charge in [-0.2, -0.15) is 0 Å². The molecule has 1 rings (SSSR count). The van der Waals surface area contributed by atoms with E-state index in [0.717, 1.165) is 18.9 Å². The molecule has 1 N–H and O–H groups in total. The Morgan fingerprint density at radius 2 is 2.10 bits per heavy atom. The first-order chi connectivity index (χ1) is 4.83. The molecule has 0 aliphatic heterocycles. The van der Waals surface area contributed by atoms with Crippen LogP contribution in [0.1, 0.15) is 6.92 Å². The lowest BCUT2D eigenvalue weighted by atomic mass is 10.6. The molecule has 4 heteroatoms. The van der Waals surface area contributed by atoms with Gasteiger partial charge in [0.2, 0.25) is 5.95 Å². The van der Waals surface area contributed by atoms with Crippen LogP contribution in [0.25, 0.3) is 0 Å². The molecule has 0 unspecified atom stereocenters. The average molecular weight is 141 g/mol. The van der Waals surface area contributed by atoms with Crippen molar-refractivity contribution in [3.05, 3.63) is 18.2 Å². The molecule has 1 aromatic rings. The van der Waals surface area contributed by atoms with Crippen molar-refractivity contribution in [1.29, 1.82) is 0 Å². The third-order valence-corrected chi connectivity index (χ3v) is 0.955. The molecule has 54 valence electrons. The summed E-state index contributed by atoms with van der Waals surface area (Å²) in [7, 11) is 0. The normalized spacial score (nSPS) is 9.40. The van der Waals surface area contributed by atoms with Gasteiger partial charge in [0.25, 0.3) is 0 Å². The molecule has 0 bridgehead atoms. The molecule has 0 aromatic carbocycles. The van der Waals surface area contributed by atoms with E-state index in [9.17, 15) is 4.39 Å². The van der Waals surface area contributed by atoms with Crippen LogP contribution in [0.4, 0.5) is 10.3 Å². The van der Waals surface area contributed by atoms with E-state index in [0.29, 0.717) is 5.95 Å². The van der Waals surface area contributed by atoms with Crippen molar-refractivity contribution in [2.24, 2.45) is 0 Å². The molecule has 0 saturated heterocycles. The molecule has 0 aliphatic rings. The van der Waals surface area contributed by atoms with Crippen molar-refractivity contribution in [3.63, 3.8) is 0 Å². The van der Waals surface area contributed by atoms with Gasteiger partial charge in [-0.25, -0.2) is 14.4 Å². The standard InChI is InChI=1S/C6H8FN3/c1-2-8-6-9-3-5(7)4-10-6/h3-4H,2H2,1H3,(H,8,9,10). The Balaban J connectivity index is 2.69. The second-order valence-electron chi connectivity index (χ2n) is 1.76. The summed E-state index contributed by atoms with van der Waals surface area (Å²) in [6, 6.07) is 0. The smallest absolute Gasteiger partial charge is 0.222 e. The quantitative estimate of drug-likeness (QED) is 0.668. The minimum absolute atomic E-state index is 0.415. The number of rotatable bonds is 2. The van der Waals surface area contributed by atoms with Crippen molar-refractivity contribution in [1.82, 2.24) is 9.97 Å². The lowest BCUT2D eigenvalue weighted by Gasteiger charge is -1.97. The zero-order chi connectivity index (χ0) is 7.40. The van der Waals surface area contributed by atoms with E-state index in [-0.39, 0.29) is 0 Å². The first kappa shape index (κ1) is 6.92. The Morgan fingerprint density at radius 3 is 2.60 bits per heavy atom. The van der Waals surface area contributed by atoms with Gasteiger partial charge < -0.3 is 5.32 Å². The maximum Gasteiger partial charge on any atom is 0.222 e. The van der Waals surface area contributed by atoms with Crippen LogP contribution in [0, 0.1) is 5.82 Å². The maximum absolute atomic E-state index is 12.2. The maximum atomic E-state index is 12.2. The van der Waals surface area contributed by atoms with Gasteiger partial charge in [-0.15, -0.1) is 0 Å². The van der Waals surface area contributed by atoms with Crippen LogP contribution in [-0.2, 0) is 0 Å². The monoisotopic (exact) mass is 141 g/mol. The first-order valence-electron chi connectivity index (χ1n) is 3.04. The molecule has 0 saturated carbocycles. The zero-order valence-electron chi connectivity index (χ0n) is 5.63. The highest BCUT2D eigenvalue weighted by Gasteiger charge is 1.91. The molecular formula is C6H8FN3. The number of nitrogens with zero attached hydrogens (tertiary/aromatic N) is 2. The molecule has 0 atom stereocenters. The van der Waals surface area contributed by atoms with Crippen LogP contribution >= 0.6 is 0 Å². The molecule has 0 aliphatic carbocycles. The van der Waals surface area contributed by atoms with Gasteiger partial charge in [0.1, 0.15) is 0 Å². The summed E-state index contributed by atoms with van der Waals surface area (Å²) >= 11 is 0. The van der Waals surface area contributed by atoms with Crippen LogP contribution in [0.15, 0.2) is 12.4 Å². The Hall–Kier alpha value is -1.19. The number of hydrogen-bond acceptors (Lipinski definition) is 3. The number of aromatic nitrogens is 2. The number of hydrogen-bond donors (Lipinski definition) is 1. The molecule has 0 amide bonds.